The predicted octanol–water partition coefficient (Wildman–Crippen LogP) is 4.41. The van der Waals surface area contributed by atoms with Crippen LogP contribution in [0.25, 0.3) is 0 Å². The Labute approximate surface area is 172 Å². The van der Waals surface area contributed by atoms with Crippen molar-refractivity contribution in [3.63, 3.8) is 0 Å². The summed E-state index contributed by atoms with van der Waals surface area (Å²) in [6, 6.07) is 13.3. The first-order valence-electron chi connectivity index (χ1n) is 9.36. The van der Waals surface area contributed by atoms with E-state index in [4.69, 9.17) is 10.5 Å². The van der Waals surface area contributed by atoms with Crippen molar-refractivity contribution in [3.05, 3.63) is 64.7 Å². The highest BCUT2D eigenvalue weighted by molar-refractivity contribution is 7.15. The molecule has 0 unspecified atom stereocenters. The van der Waals surface area contributed by atoms with Crippen molar-refractivity contribution in [1.82, 2.24) is 10.2 Å². The van der Waals surface area contributed by atoms with E-state index in [2.05, 4.69) is 22.4 Å². The number of unbranched alkanes of at least 4 members (excludes halogenated alkanes) is 2. The molecule has 0 spiro atoms. The van der Waals surface area contributed by atoms with Crippen LogP contribution in [0.1, 0.15) is 51.9 Å². The van der Waals surface area contributed by atoms with Gasteiger partial charge in [0.05, 0.1) is 0 Å². The maximum absolute atomic E-state index is 12.4. The fourth-order valence-corrected chi connectivity index (χ4v) is 3.37. The van der Waals surface area contributed by atoms with Crippen LogP contribution in [0.15, 0.2) is 48.5 Å². The van der Waals surface area contributed by atoms with E-state index in [1.807, 2.05) is 0 Å². The molecule has 0 aliphatic heterocycles. The molecular weight excluding hydrogens is 388 g/mol. The SMILES string of the molecule is CCCCCc1nnc(NC(=O)c2ccc(Oc3ccc(C(N)=O)cc3)cc2)s1. The number of amides is 2. The summed E-state index contributed by atoms with van der Waals surface area (Å²) in [7, 11) is 0. The largest absolute Gasteiger partial charge is 0.457 e. The van der Waals surface area contributed by atoms with Crippen LogP contribution in [0, 0.1) is 0 Å². The van der Waals surface area contributed by atoms with Gasteiger partial charge in [-0.15, -0.1) is 10.2 Å². The molecule has 0 aliphatic rings. The van der Waals surface area contributed by atoms with Gasteiger partial charge in [-0.05, 0) is 55.0 Å². The zero-order valence-electron chi connectivity index (χ0n) is 16.1. The van der Waals surface area contributed by atoms with Crippen LogP contribution in [0.2, 0.25) is 0 Å². The number of nitrogens with one attached hydrogen (secondary N) is 1. The second-order valence-corrected chi connectivity index (χ2v) is 7.49. The van der Waals surface area contributed by atoms with E-state index in [1.165, 1.54) is 11.3 Å². The number of nitrogens with two attached hydrogens (primary N) is 1. The summed E-state index contributed by atoms with van der Waals surface area (Å²) in [5.41, 5.74) is 6.12. The minimum atomic E-state index is -0.490. The molecule has 0 fully saturated rings. The molecule has 1 heterocycles. The molecule has 0 saturated carbocycles. The molecule has 0 radical (unpaired) electrons. The lowest BCUT2D eigenvalue weighted by Crippen LogP contribution is -2.11. The second kappa shape index (κ2) is 9.79. The third-order valence-electron chi connectivity index (χ3n) is 4.17. The average Bonchev–Trinajstić information content (AvgIpc) is 3.16. The van der Waals surface area contributed by atoms with Gasteiger partial charge in [0.25, 0.3) is 5.91 Å². The van der Waals surface area contributed by atoms with Gasteiger partial charge in [0.15, 0.2) is 0 Å². The van der Waals surface area contributed by atoms with Crippen LogP contribution in [0.3, 0.4) is 0 Å². The first kappa shape index (κ1) is 20.5. The number of nitrogens with zero attached hydrogens (tertiary/aromatic N) is 2. The van der Waals surface area contributed by atoms with Crippen molar-refractivity contribution < 1.29 is 14.3 Å². The number of hydrogen-bond donors (Lipinski definition) is 2. The van der Waals surface area contributed by atoms with Crippen LogP contribution in [0.4, 0.5) is 5.13 Å². The summed E-state index contributed by atoms with van der Waals surface area (Å²) in [6.45, 7) is 2.15. The minimum absolute atomic E-state index is 0.251. The topological polar surface area (TPSA) is 107 Å². The first-order chi connectivity index (χ1) is 14.0. The van der Waals surface area contributed by atoms with Crippen molar-refractivity contribution >= 4 is 28.3 Å². The monoisotopic (exact) mass is 410 g/mol. The molecule has 3 rings (SSSR count). The standard InChI is InChI=1S/C21H22N4O3S/c1-2-3-4-5-18-24-25-21(29-18)23-20(27)15-8-12-17(13-9-15)28-16-10-6-14(7-11-16)19(22)26/h6-13H,2-5H2,1H3,(H2,22,26)(H,23,25,27). The molecule has 0 atom stereocenters. The third kappa shape index (κ3) is 5.86. The number of rotatable bonds is 9. The van der Waals surface area contributed by atoms with Crippen LogP contribution < -0.4 is 15.8 Å². The van der Waals surface area contributed by atoms with E-state index < -0.39 is 5.91 Å². The van der Waals surface area contributed by atoms with Crippen LogP contribution >= 0.6 is 11.3 Å². The van der Waals surface area contributed by atoms with Gasteiger partial charge in [0.1, 0.15) is 16.5 Å². The number of carbonyl (C=O) groups excluding carboxylic acids is 2. The summed E-state index contributed by atoms with van der Waals surface area (Å²) in [5, 5.41) is 12.4. The number of benzene rings is 2. The average molecular weight is 410 g/mol. The maximum Gasteiger partial charge on any atom is 0.257 e. The van der Waals surface area contributed by atoms with Crippen molar-refractivity contribution in [2.24, 2.45) is 5.73 Å². The van der Waals surface area contributed by atoms with Gasteiger partial charge < -0.3 is 10.5 Å². The molecule has 0 bridgehead atoms. The van der Waals surface area contributed by atoms with Gasteiger partial charge in [0, 0.05) is 17.5 Å². The number of carbonyl (C=O) groups is 2. The summed E-state index contributed by atoms with van der Waals surface area (Å²) in [5.74, 6) is 0.396. The van der Waals surface area contributed by atoms with Crippen molar-refractivity contribution in [1.29, 1.82) is 0 Å². The highest BCUT2D eigenvalue weighted by Gasteiger charge is 2.11. The normalized spacial score (nSPS) is 10.5. The van der Waals surface area contributed by atoms with Crippen LogP contribution in [-0.2, 0) is 6.42 Å². The molecule has 2 amide bonds. The molecule has 2 aromatic carbocycles. The van der Waals surface area contributed by atoms with E-state index >= 15 is 0 Å². The first-order valence-corrected chi connectivity index (χ1v) is 10.2. The molecule has 1 aromatic heterocycles. The van der Waals surface area contributed by atoms with Gasteiger partial charge in [-0.2, -0.15) is 0 Å². The highest BCUT2D eigenvalue weighted by Crippen LogP contribution is 2.23. The van der Waals surface area contributed by atoms with E-state index in [1.54, 1.807) is 48.5 Å². The second-order valence-electron chi connectivity index (χ2n) is 6.43. The molecule has 0 aliphatic carbocycles. The summed E-state index contributed by atoms with van der Waals surface area (Å²) < 4.78 is 5.71. The lowest BCUT2D eigenvalue weighted by atomic mass is 10.2. The minimum Gasteiger partial charge on any atom is -0.457 e. The Hall–Kier alpha value is -3.26. The Morgan fingerprint density at radius 2 is 1.59 bits per heavy atom. The van der Waals surface area contributed by atoms with E-state index in [-0.39, 0.29) is 5.91 Å². The molecular formula is C21H22N4O3S. The van der Waals surface area contributed by atoms with Crippen LogP contribution in [-0.4, -0.2) is 22.0 Å². The maximum atomic E-state index is 12.4. The third-order valence-corrected chi connectivity index (χ3v) is 5.07. The van der Waals surface area contributed by atoms with Gasteiger partial charge in [-0.1, -0.05) is 31.1 Å². The molecule has 29 heavy (non-hydrogen) atoms. The van der Waals surface area contributed by atoms with Crippen molar-refractivity contribution in [2.75, 3.05) is 5.32 Å². The number of hydrogen-bond acceptors (Lipinski definition) is 6. The van der Waals surface area contributed by atoms with Gasteiger partial charge >= 0.3 is 0 Å². The van der Waals surface area contributed by atoms with E-state index in [9.17, 15) is 9.59 Å². The zero-order chi connectivity index (χ0) is 20.6. The fourth-order valence-electron chi connectivity index (χ4n) is 2.60. The Balaban J connectivity index is 1.56. The van der Waals surface area contributed by atoms with Crippen molar-refractivity contribution in [2.45, 2.75) is 32.6 Å². The molecule has 3 N–H and O–H groups in total. The number of primary amides is 1. The number of anilines is 1. The molecule has 7 nitrogen and oxygen atoms in total. The molecule has 8 heteroatoms. The molecule has 150 valence electrons. The number of aryl methyl sites for hydroxylation is 1. The van der Waals surface area contributed by atoms with Crippen LogP contribution in [0.5, 0.6) is 11.5 Å². The lowest BCUT2D eigenvalue weighted by molar-refractivity contribution is 0.0997. The molecule has 0 saturated heterocycles. The highest BCUT2D eigenvalue weighted by atomic mass is 32.1. The summed E-state index contributed by atoms with van der Waals surface area (Å²) in [4.78, 5) is 23.5. The fraction of sp³-hybridized carbons (Fsp3) is 0.238. The van der Waals surface area contributed by atoms with E-state index in [0.717, 1.165) is 30.7 Å². The zero-order valence-corrected chi connectivity index (χ0v) is 16.9. The van der Waals surface area contributed by atoms with E-state index in [0.29, 0.717) is 27.8 Å². The Morgan fingerprint density at radius 1 is 0.966 bits per heavy atom. The quantitative estimate of drug-likeness (QED) is 0.508. The molecule has 3 aromatic rings. The van der Waals surface area contributed by atoms with Gasteiger partial charge in [-0.3, -0.25) is 14.9 Å². The predicted molar refractivity (Wildman–Crippen MR) is 113 cm³/mol. The van der Waals surface area contributed by atoms with Crippen molar-refractivity contribution in [3.8, 4) is 11.5 Å². The van der Waals surface area contributed by atoms with Gasteiger partial charge in [-0.25, -0.2) is 0 Å². The summed E-state index contributed by atoms with van der Waals surface area (Å²) in [6.07, 6.45) is 4.27. The number of ether oxygens (including phenoxy) is 1. The number of aromatic nitrogens is 2. The Morgan fingerprint density at radius 3 is 2.17 bits per heavy atom. The Bertz CT molecular complexity index is 968. The Kier molecular flexibility index (Phi) is 6.91. The smallest absolute Gasteiger partial charge is 0.257 e. The summed E-state index contributed by atoms with van der Waals surface area (Å²) >= 11 is 1.40. The lowest BCUT2D eigenvalue weighted by Gasteiger charge is -2.07. The van der Waals surface area contributed by atoms with Gasteiger partial charge in [0.2, 0.25) is 11.0 Å².